The zero-order chi connectivity index (χ0) is 13.9. The molecule has 20 heavy (non-hydrogen) atoms. The Bertz CT molecular complexity index is 463. The molecule has 4 nitrogen and oxygen atoms in total. The Hall–Kier alpha value is -1.55. The lowest BCUT2D eigenvalue weighted by atomic mass is 9.79. The first-order valence-corrected chi connectivity index (χ1v) is 7.43. The average molecular weight is 274 g/mol. The second-order valence-corrected chi connectivity index (χ2v) is 6.04. The van der Waals surface area contributed by atoms with Crippen LogP contribution in [0.25, 0.3) is 0 Å². The van der Waals surface area contributed by atoms with E-state index in [0.29, 0.717) is 24.5 Å². The Balaban J connectivity index is 1.51. The van der Waals surface area contributed by atoms with Gasteiger partial charge in [-0.3, -0.25) is 0 Å². The number of carbonyl (C=O) groups excluding carboxylic acids is 1. The number of fused-ring (bicyclic) bond motifs is 1. The zero-order valence-corrected chi connectivity index (χ0v) is 11.7. The minimum absolute atomic E-state index is 0.183. The number of rotatable bonds is 2. The fraction of sp³-hybridized carbons (Fsp3) is 0.562. The highest BCUT2D eigenvalue weighted by molar-refractivity contribution is 5.68. The van der Waals surface area contributed by atoms with Crippen LogP contribution in [-0.4, -0.2) is 30.1 Å². The number of carbonyl (C=O) groups is 1. The zero-order valence-electron chi connectivity index (χ0n) is 11.7. The fourth-order valence-corrected chi connectivity index (χ4v) is 3.43. The molecular weight excluding hydrogens is 252 g/mol. The van der Waals surface area contributed by atoms with Gasteiger partial charge < -0.3 is 15.4 Å². The molecule has 1 aromatic carbocycles. The van der Waals surface area contributed by atoms with Gasteiger partial charge in [0.15, 0.2) is 0 Å². The Morgan fingerprint density at radius 2 is 1.95 bits per heavy atom. The molecule has 0 bridgehead atoms. The maximum atomic E-state index is 12.1. The topological polar surface area (TPSA) is 55.6 Å². The second-order valence-electron chi connectivity index (χ2n) is 6.04. The number of nitrogens with two attached hydrogens (primary N) is 1. The van der Waals surface area contributed by atoms with Gasteiger partial charge in [0.25, 0.3) is 0 Å². The van der Waals surface area contributed by atoms with Gasteiger partial charge >= 0.3 is 6.09 Å². The van der Waals surface area contributed by atoms with Crippen molar-refractivity contribution in [1.29, 1.82) is 0 Å². The molecule has 1 saturated carbocycles. The number of nitrogens with zero attached hydrogens (tertiary/aromatic N) is 1. The summed E-state index contributed by atoms with van der Waals surface area (Å²) in [5.41, 5.74) is 7.04. The van der Waals surface area contributed by atoms with Crippen LogP contribution < -0.4 is 5.73 Å². The van der Waals surface area contributed by atoms with Crippen LogP contribution in [0.15, 0.2) is 30.3 Å². The maximum absolute atomic E-state index is 12.1. The Morgan fingerprint density at radius 1 is 1.20 bits per heavy atom. The molecule has 1 amide bonds. The van der Waals surface area contributed by atoms with Gasteiger partial charge in [0, 0.05) is 19.1 Å². The molecule has 0 radical (unpaired) electrons. The quantitative estimate of drug-likeness (QED) is 0.901. The SMILES string of the molecule is NC1CCC2CN(C(=O)OCc3ccccc3)CC2C1. The summed E-state index contributed by atoms with van der Waals surface area (Å²) in [4.78, 5) is 14.0. The molecule has 2 N–H and O–H groups in total. The maximum Gasteiger partial charge on any atom is 0.410 e. The first-order valence-electron chi connectivity index (χ1n) is 7.43. The van der Waals surface area contributed by atoms with Crippen molar-refractivity contribution < 1.29 is 9.53 Å². The van der Waals surface area contributed by atoms with Crippen molar-refractivity contribution in [2.45, 2.75) is 31.9 Å². The molecule has 1 heterocycles. The van der Waals surface area contributed by atoms with Crippen LogP contribution in [0.5, 0.6) is 0 Å². The number of hydrogen-bond acceptors (Lipinski definition) is 3. The Kier molecular flexibility index (Phi) is 3.92. The predicted molar refractivity (Wildman–Crippen MR) is 77.0 cm³/mol. The lowest BCUT2D eigenvalue weighted by Crippen LogP contribution is -2.32. The number of likely N-dealkylation sites (tertiary alicyclic amines) is 1. The number of amides is 1. The van der Waals surface area contributed by atoms with Crippen LogP contribution in [-0.2, 0) is 11.3 Å². The van der Waals surface area contributed by atoms with Crippen LogP contribution >= 0.6 is 0 Å². The summed E-state index contributed by atoms with van der Waals surface area (Å²) in [5.74, 6) is 1.20. The minimum atomic E-state index is -0.183. The normalized spacial score (nSPS) is 29.1. The highest BCUT2D eigenvalue weighted by Crippen LogP contribution is 2.35. The summed E-state index contributed by atoms with van der Waals surface area (Å²) in [6.07, 6.45) is 3.10. The number of benzene rings is 1. The molecule has 108 valence electrons. The molecule has 1 saturated heterocycles. The van der Waals surface area contributed by atoms with Crippen molar-refractivity contribution in [2.75, 3.05) is 13.1 Å². The average Bonchev–Trinajstić information content (AvgIpc) is 2.89. The molecule has 0 aromatic heterocycles. The van der Waals surface area contributed by atoms with Gasteiger partial charge in [-0.2, -0.15) is 0 Å². The third kappa shape index (κ3) is 2.96. The van der Waals surface area contributed by atoms with Gasteiger partial charge in [-0.05, 0) is 36.7 Å². The van der Waals surface area contributed by atoms with Crippen LogP contribution in [0.2, 0.25) is 0 Å². The molecule has 3 rings (SSSR count). The van der Waals surface area contributed by atoms with E-state index in [2.05, 4.69) is 0 Å². The summed E-state index contributed by atoms with van der Waals surface area (Å²) >= 11 is 0. The van der Waals surface area contributed by atoms with Crippen molar-refractivity contribution in [3.63, 3.8) is 0 Å². The van der Waals surface area contributed by atoms with Gasteiger partial charge in [-0.15, -0.1) is 0 Å². The van der Waals surface area contributed by atoms with E-state index in [0.717, 1.165) is 37.9 Å². The van der Waals surface area contributed by atoms with E-state index in [9.17, 15) is 4.79 Å². The van der Waals surface area contributed by atoms with Gasteiger partial charge in [0.2, 0.25) is 0 Å². The molecule has 3 atom stereocenters. The van der Waals surface area contributed by atoms with Crippen LogP contribution in [0, 0.1) is 11.8 Å². The van der Waals surface area contributed by atoms with E-state index in [1.54, 1.807) is 0 Å². The molecular formula is C16H22N2O2. The van der Waals surface area contributed by atoms with Crippen molar-refractivity contribution in [2.24, 2.45) is 17.6 Å². The summed E-state index contributed by atoms with van der Waals surface area (Å²) in [6.45, 7) is 2.00. The van der Waals surface area contributed by atoms with Gasteiger partial charge in [-0.1, -0.05) is 30.3 Å². The van der Waals surface area contributed by atoms with Gasteiger partial charge in [0.05, 0.1) is 0 Å². The first kappa shape index (κ1) is 13.4. The Morgan fingerprint density at radius 3 is 2.75 bits per heavy atom. The van der Waals surface area contributed by atoms with Crippen molar-refractivity contribution in [3.05, 3.63) is 35.9 Å². The van der Waals surface area contributed by atoms with Gasteiger partial charge in [0.1, 0.15) is 6.61 Å². The molecule has 4 heteroatoms. The minimum Gasteiger partial charge on any atom is -0.445 e. The van der Waals surface area contributed by atoms with E-state index in [-0.39, 0.29) is 6.09 Å². The highest BCUT2D eigenvalue weighted by Gasteiger charge is 2.39. The molecule has 2 fully saturated rings. The van der Waals surface area contributed by atoms with E-state index in [1.165, 1.54) is 0 Å². The lowest BCUT2D eigenvalue weighted by molar-refractivity contribution is 0.102. The Labute approximate surface area is 119 Å². The van der Waals surface area contributed by atoms with Crippen molar-refractivity contribution >= 4 is 6.09 Å². The van der Waals surface area contributed by atoms with Crippen molar-refractivity contribution in [1.82, 2.24) is 4.90 Å². The lowest BCUT2D eigenvalue weighted by Gasteiger charge is -2.27. The third-order valence-corrected chi connectivity index (χ3v) is 4.55. The standard InChI is InChI=1S/C16H22N2O2/c17-15-7-6-13-9-18(10-14(13)8-15)16(19)20-11-12-4-2-1-3-5-12/h1-5,13-15H,6-11,17H2. The van der Waals surface area contributed by atoms with E-state index in [4.69, 9.17) is 10.5 Å². The van der Waals surface area contributed by atoms with Crippen LogP contribution in [0.1, 0.15) is 24.8 Å². The largest absolute Gasteiger partial charge is 0.445 e. The fourth-order valence-electron chi connectivity index (χ4n) is 3.43. The van der Waals surface area contributed by atoms with E-state index in [1.807, 2.05) is 35.2 Å². The summed E-state index contributed by atoms with van der Waals surface area (Å²) in [7, 11) is 0. The molecule has 1 aliphatic carbocycles. The summed E-state index contributed by atoms with van der Waals surface area (Å²) in [6, 6.07) is 10.1. The molecule has 0 spiro atoms. The number of hydrogen-bond donors (Lipinski definition) is 1. The molecule has 2 aliphatic rings. The number of ether oxygens (including phenoxy) is 1. The summed E-state index contributed by atoms with van der Waals surface area (Å²) < 4.78 is 5.40. The van der Waals surface area contributed by atoms with E-state index < -0.39 is 0 Å². The second kappa shape index (κ2) is 5.83. The molecule has 3 unspecified atom stereocenters. The summed E-state index contributed by atoms with van der Waals surface area (Å²) in [5, 5.41) is 0. The van der Waals surface area contributed by atoms with E-state index >= 15 is 0 Å². The smallest absolute Gasteiger partial charge is 0.410 e. The van der Waals surface area contributed by atoms with Crippen molar-refractivity contribution in [3.8, 4) is 0 Å². The monoisotopic (exact) mass is 274 g/mol. The highest BCUT2D eigenvalue weighted by atomic mass is 16.6. The van der Waals surface area contributed by atoms with Gasteiger partial charge in [-0.25, -0.2) is 4.79 Å². The third-order valence-electron chi connectivity index (χ3n) is 4.55. The molecule has 1 aromatic rings. The van der Waals surface area contributed by atoms with Crippen LogP contribution in [0.4, 0.5) is 4.79 Å². The molecule has 1 aliphatic heterocycles. The first-order chi connectivity index (χ1) is 9.72. The van der Waals surface area contributed by atoms with Crippen LogP contribution in [0.3, 0.4) is 0 Å². The predicted octanol–water partition coefficient (Wildman–Crippen LogP) is 2.38.